The molecule has 0 radical (unpaired) electrons. The predicted molar refractivity (Wildman–Crippen MR) is 66.8 cm³/mol. The van der Waals surface area contributed by atoms with Crippen LogP contribution in [0.4, 0.5) is 0 Å². The van der Waals surface area contributed by atoms with Crippen LogP contribution in [0.5, 0.6) is 0 Å². The standard InChI is InChI=1S/C12H17ClN2O2/c1-9(2)15(8-11(16)17-3)7-10-5-4-6-14-12(10)13/h4-6,9H,7-8H2,1-3H3. The molecule has 0 aliphatic carbocycles. The van der Waals surface area contributed by atoms with Gasteiger partial charge in [-0.3, -0.25) is 9.69 Å². The Kier molecular flexibility index (Phi) is 5.38. The number of halogens is 1. The second-order valence-electron chi connectivity index (χ2n) is 4.03. The third kappa shape index (κ3) is 4.32. The van der Waals surface area contributed by atoms with Gasteiger partial charge < -0.3 is 4.74 Å². The molecular weight excluding hydrogens is 240 g/mol. The first kappa shape index (κ1) is 13.9. The Morgan fingerprint density at radius 2 is 2.29 bits per heavy atom. The van der Waals surface area contributed by atoms with E-state index in [1.165, 1.54) is 7.11 Å². The van der Waals surface area contributed by atoms with Crippen molar-refractivity contribution in [2.45, 2.75) is 26.4 Å². The summed E-state index contributed by atoms with van der Waals surface area (Å²) in [4.78, 5) is 17.3. The molecule has 1 heterocycles. The first-order chi connectivity index (χ1) is 8.04. The van der Waals surface area contributed by atoms with Crippen molar-refractivity contribution >= 4 is 17.6 Å². The van der Waals surface area contributed by atoms with Crippen molar-refractivity contribution in [3.05, 3.63) is 29.0 Å². The number of hydrogen-bond acceptors (Lipinski definition) is 4. The highest BCUT2D eigenvalue weighted by Crippen LogP contribution is 2.15. The van der Waals surface area contributed by atoms with Crippen molar-refractivity contribution in [3.63, 3.8) is 0 Å². The zero-order valence-corrected chi connectivity index (χ0v) is 11.1. The molecule has 0 aliphatic heterocycles. The number of aromatic nitrogens is 1. The highest BCUT2D eigenvalue weighted by molar-refractivity contribution is 6.30. The number of pyridine rings is 1. The molecule has 5 heteroatoms. The van der Waals surface area contributed by atoms with E-state index in [-0.39, 0.29) is 18.6 Å². The Morgan fingerprint density at radius 1 is 1.59 bits per heavy atom. The Bertz CT molecular complexity index is 383. The summed E-state index contributed by atoms with van der Waals surface area (Å²) in [5.74, 6) is -0.251. The third-order valence-electron chi connectivity index (χ3n) is 2.50. The summed E-state index contributed by atoms with van der Waals surface area (Å²) in [5.41, 5.74) is 0.909. The van der Waals surface area contributed by atoms with Crippen molar-refractivity contribution in [1.29, 1.82) is 0 Å². The molecule has 0 aliphatic rings. The van der Waals surface area contributed by atoms with Crippen LogP contribution < -0.4 is 0 Å². The minimum absolute atomic E-state index is 0.227. The van der Waals surface area contributed by atoms with Crippen molar-refractivity contribution in [2.75, 3.05) is 13.7 Å². The van der Waals surface area contributed by atoms with Gasteiger partial charge in [0.2, 0.25) is 0 Å². The van der Waals surface area contributed by atoms with Gasteiger partial charge in [-0.1, -0.05) is 17.7 Å². The van der Waals surface area contributed by atoms with Crippen LogP contribution in [0.2, 0.25) is 5.15 Å². The molecule has 0 fully saturated rings. The van der Waals surface area contributed by atoms with E-state index in [2.05, 4.69) is 9.72 Å². The van der Waals surface area contributed by atoms with Gasteiger partial charge in [-0.25, -0.2) is 4.98 Å². The molecule has 0 saturated heterocycles. The molecule has 0 unspecified atom stereocenters. The maximum absolute atomic E-state index is 11.3. The van der Waals surface area contributed by atoms with Crippen LogP contribution in [0.1, 0.15) is 19.4 Å². The fourth-order valence-electron chi connectivity index (χ4n) is 1.41. The van der Waals surface area contributed by atoms with Crippen molar-refractivity contribution in [1.82, 2.24) is 9.88 Å². The van der Waals surface area contributed by atoms with E-state index in [4.69, 9.17) is 11.6 Å². The minimum atomic E-state index is -0.251. The molecule has 0 bridgehead atoms. The van der Waals surface area contributed by atoms with Crippen LogP contribution >= 0.6 is 11.6 Å². The molecule has 4 nitrogen and oxygen atoms in total. The minimum Gasteiger partial charge on any atom is -0.468 e. The smallest absolute Gasteiger partial charge is 0.319 e. The van der Waals surface area contributed by atoms with Crippen molar-refractivity contribution in [2.24, 2.45) is 0 Å². The molecule has 1 aromatic heterocycles. The lowest BCUT2D eigenvalue weighted by Crippen LogP contribution is -2.35. The van der Waals surface area contributed by atoms with E-state index >= 15 is 0 Å². The van der Waals surface area contributed by atoms with Gasteiger partial charge in [-0.2, -0.15) is 0 Å². The van der Waals surface area contributed by atoms with E-state index in [0.29, 0.717) is 11.7 Å². The van der Waals surface area contributed by atoms with Gasteiger partial charge in [0.15, 0.2) is 0 Å². The highest BCUT2D eigenvalue weighted by Gasteiger charge is 2.16. The number of methoxy groups -OCH3 is 1. The van der Waals surface area contributed by atoms with Crippen LogP contribution in [0, 0.1) is 0 Å². The molecule has 0 spiro atoms. The second-order valence-corrected chi connectivity index (χ2v) is 4.39. The molecule has 0 aromatic carbocycles. The van der Waals surface area contributed by atoms with Crippen LogP contribution in [-0.4, -0.2) is 35.5 Å². The van der Waals surface area contributed by atoms with Crippen LogP contribution in [-0.2, 0) is 16.1 Å². The maximum atomic E-state index is 11.3. The van der Waals surface area contributed by atoms with Gasteiger partial charge in [0.05, 0.1) is 13.7 Å². The molecule has 1 rings (SSSR count). The van der Waals surface area contributed by atoms with Crippen molar-refractivity contribution in [3.8, 4) is 0 Å². The topological polar surface area (TPSA) is 42.4 Å². The molecule has 0 N–H and O–H groups in total. The largest absolute Gasteiger partial charge is 0.468 e. The fourth-order valence-corrected chi connectivity index (χ4v) is 1.59. The van der Waals surface area contributed by atoms with Crippen molar-refractivity contribution < 1.29 is 9.53 Å². The number of hydrogen-bond donors (Lipinski definition) is 0. The Morgan fingerprint density at radius 3 is 2.82 bits per heavy atom. The zero-order valence-electron chi connectivity index (χ0n) is 10.3. The van der Waals surface area contributed by atoms with E-state index < -0.39 is 0 Å². The van der Waals surface area contributed by atoms with Crippen LogP contribution in [0.3, 0.4) is 0 Å². The van der Waals surface area contributed by atoms with Crippen LogP contribution in [0.15, 0.2) is 18.3 Å². The van der Waals surface area contributed by atoms with Gasteiger partial charge in [0, 0.05) is 24.3 Å². The number of carbonyl (C=O) groups excluding carboxylic acids is 1. The fraction of sp³-hybridized carbons (Fsp3) is 0.500. The summed E-state index contributed by atoms with van der Waals surface area (Å²) in [6.07, 6.45) is 1.64. The average Bonchev–Trinajstić information content (AvgIpc) is 2.30. The van der Waals surface area contributed by atoms with Gasteiger partial charge in [-0.05, 0) is 19.9 Å². The first-order valence-electron chi connectivity index (χ1n) is 5.45. The van der Waals surface area contributed by atoms with Gasteiger partial charge in [0.1, 0.15) is 5.15 Å². The first-order valence-corrected chi connectivity index (χ1v) is 5.82. The molecule has 94 valence electrons. The summed E-state index contributed by atoms with van der Waals surface area (Å²) in [7, 11) is 1.39. The Balaban J connectivity index is 2.74. The van der Waals surface area contributed by atoms with Gasteiger partial charge in [-0.15, -0.1) is 0 Å². The summed E-state index contributed by atoms with van der Waals surface area (Å²) < 4.78 is 4.67. The average molecular weight is 257 g/mol. The lowest BCUT2D eigenvalue weighted by atomic mass is 10.2. The van der Waals surface area contributed by atoms with E-state index in [0.717, 1.165) is 5.56 Å². The zero-order chi connectivity index (χ0) is 12.8. The number of esters is 1. The second kappa shape index (κ2) is 6.57. The summed E-state index contributed by atoms with van der Waals surface area (Å²) in [6.45, 7) is 4.87. The van der Waals surface area contributed by atoms with E-state index in [9.17, 15) is 4.79 Å². The predicted octanol–water partition coefficient (Wildman–Crippen LogP) is 2.12. The maximum Gasteiger partial charge on any atom is 0.319 e. The summed E-state index contributed by atoms with van der Waals surface area (Å²) in [6, 6.07) is 3.96. The summed E-state index contributed by atoms with van der Waals surface area (Å²) >= 11 is 5.99. The molecule has 0 amide bonds. The highest BCUT2D eigenvalue weighted by atomic mass is 35.5. The monoisotopic (exact) mass is 256 g/mol. The van der Waals surface area contributed by atoms with Gasteiger partial charge in [0.25, 0.3) is 0 Å². The quantitative estimate of drug-likeness (QED) is 0.598. The van der Waals surface area contributed by atoms with E-state index in [1.807, 2.05) is 30.9 Å². The normalized spacial score (nSPS) is 10.9. The molecular formula is C12H17ClN2O2. The molecule has 0 atom stereocenters. The SMILES string of the molecule is COC(=O)CN(Cc1cccnc1Cl)C(C)C. The lowest BCUT2D eigenvalue weighted by Gasteiger charge is -2.25. The molecule has 0 saturated carbocycles. The number of carbonyl (C=O) groups is 1. The Hall–Kier alpha value is -1.13. The van der Waals surface area contributed by atoms with Crippen LogP contribution in [0.25, 0.3) is 0 Å². The third-order valence-corrected chi connectivity index (χ3v) is 2.84. The lowest BCUT2D eigenvalue weighted by molar-refractivity contribution is -0.142. The van der Waals surface area contributed by atoms with E-state index in [1.54, 1.807) is 6.20 Å². The molecule has 17 heavy (non-hydrogen) atoms. The molecule has 1 aromatic rings. The van der Waals surface area contributed by atoms with Gasteiger partial charge >= 0.3 is 5.97 Å². The Labute approximate surface area is 107 Å². The number of ether oxygens (including phenoxy) is 1. The number of nitrogens with zero attached hydrogens (tertiary/aromatic N) is 2. The number of rotatable bonds is 5. The summed E-state index contributed by atoms with van der Waals surface area (Å²) in [5, 5.41) is 0.475.